The molecule has 0 spiro atoms. The highest BCUT2D eigenvalue weighted by Gasteiger charge is 2.20. The van der Waals surface area contributed by atoms with E-state index in [-0.39, 0.29) is 17.3 Å². The summed E-state index contributed by atoms with van der Waals surface area (Å²) in [7, 11) is 0. The fraction of sp³-hybridized carbons (Fsp3) is 0.300. The molecule has 27 heavy (non-hydrogen) atoms. The van der Waals surface area contributed by atoms with E-state index in [9.17, 15) is 9.59 Å². The lowest BCUT2D eigenvalue weighted by molar-refractivity contribution is 0.101. The van der Waals surface area contributed by atoms with Crippen molar-refractivity contribution in [3.63, 3.8) is 0 Å². The number of hydrogen-bond acceptors (Lipinski definition) is 5. The number of ketones is 2. The molecule has 1 aromatic carbocycles. The van der Waals surface area contributed by atoms with E-state index in [0.29, 0.717) is 22.0 Å². The summed E-state index contributed by atoms with van der Waals surface area (Å²) >= 11 is 1.33. The van der Waals surface area contributed by atoms with Gasteiger partial charge in [0, 0.05) is 11.3 Å². The zero-order valence-electron chi connectivity index (χ0n) is 16.1. The molecule has 3 rings (SSSR count). The van der Waals surface area contributed by atoms with E-state index in [1.165, 1.54) is 24.2 Å². The molecule has 0 aliphatic heterocycles. The standard InChI is InChI=1S/C20H22N4O2S/c1-11-6-7-16(12(2)8-11)24-10-21-23-20(24)27-9-17(26)19-13(3)18(15(5)25)14(4)22-19/h6-8,10,22H,9H2,1-5H3. The third-order valence-electron chi connectivity index (χ3n) is 4.53. The van der Waals surface area contributed by atoms with Crippen LogP contribution in [-0.4, -0.2) is 37.1 Å². The molecule has 0 fully saturated rings. The Balaban J connectivity index is 1.81. The number of aryl methyl sites for hydroxylation is 3. The van der Waals surface area contributed by atoms with Crippen molar-refractivity contribution in [2.45, 2.75) is 39.8 Å². The van der Waals surface area contributed by atoms with E-state index < -0.39 is 0 Å². The first-order valence-electron chi connectivity index (χ1n) is 8.63. The summed E-state index contributed by atoms with van der Waals surface area (Å²) in [5.41, 5.74) is 5.82. The number of nitrogens with zero attached hydrogens (tertiary/aromatic N) is 3. The zero-order chi connectivity index (χ0) is 19.7. The lowest BCUT2D eigenvalue weighted by atomic mass is 10.1. The average Bonchev–Trinajstić information content (AvgIpc) is 3.16. The first-order valence-corrected chi connectivity index (χ1v) is 9.62. The summed E-state index contributed by atoms with van der Waals surface area (Å²) in [5.74, 6) is 0.104. The van der Waals surface area contributed by atoms with E-state index in [1.807, 2.05) is 37.5 Å². The second kappa shape index (κ2) is 7.52. The Bertz CT molecular complexity index is 1030. The fourth-order valence-electron chi connectivity index (χ4n) is 3.32. The van der Waals surface area contributed by atoms with Crippen molar-refractivity contribution in [1.29, 1.82) is 0 Å². The van der Waals surface area contributed by atoms with Gasteiger partial charge in [-0.2, -0.15) is 0 Å². The molecule has 0 saturated carbocycles. The maximum atomic E-state index is 12.7. The van der Waals surface area contributed by atoms with Crippen LogP contribution in [0.15, 0.2) is 29.7 Å². The number of carbonyl (C=O) groups excluding carboxylic acids is 2. The molecule has 140 valence electrons. The molecule has 0 amide bonds. The summed E-state index contributed by atoms with van der Waals surface area (Å²) in [6.45, 7) is 9.21. The molecule has 0 saturated heterocycles. The predicted octanol–water partition coefficient (Wildman–Crippen LogP) is 4.01. The van der Waals surface area contributed by atoms with Crippen molar-refractivity contribution < 1.29 is 9.59 Å². The molecule has 0 aliphatic carbocycles. The van der Waals surface area contributed by atoms with Crippen LogP contribution >= 0.6 is 11.8 Å². The summed E-state index contributed by atoms with van der Waals surface area (Å²) in [6.07, 6.45) is 1.66. The maximum absolute atomic E-state index is 12.7. The van der Waals surface area contributed by atoms with Gasteiger partial charge in [0.15, 0.2) is 16.7 Å². The Kier molecular flexibility index (Phi) is 5.32. The second-order valence-corrected chi connectivity index (χ2v) is 7.61. The van der Waals surface area contributed by atoms with E-state index in [2.05, 4.69) is 21.2 Å². The first-order chi connectivity index (χ1) is 12.8. The van der Waals surface area contributed by atoms with Crippen LogP contribution < -0.4 is 0 Å². The van der Waals surface area contributed by atoms with E-state index in [0.717, 1.165) is 16.9 Å². The van der Waals surface area contributed by atoms with Crippen LogP contribution in [0.3, 0.4) is 0 Å². The Hall–Kier alpha value is -2.67. The molecule has 2 heterocycles. The van der Waals surface area contributed by atoms with Gasteiger partial charge in [0.1, 0.15) is 6.33 Å². The van der Waals surface area contributed by atoms with Gasteiger partial charge in [0.25, 0.3) is 0 Å². The van der Waals surface area contributed by atoms with Crippen molar-refractivity contribution in [1.82, 2.24) is 19.7 Å². The monoisotopic (exact) mass is 382 g/mol. The van der Waals surface area contributed by atoms with Gasteiger partial charge in [-0.25, -0.2) is 0 Å². The van der Waals surface area contributed by atoms with Crippen molar-refractivity contribution in [3.8, 4) is 5.69 Å². The third-order valence-corrected chi connectivity index (χ3v) is 5.47. The number of aromatic nitrogens is 4. The smallest absolute Gasteiger partial charge is 0.196 e. The van der Waals surface area contributed by atoms with Crippen molar-refractivity contribution in [2.24, 2.45) is 0 Å². The van der Waals surface area contributed by atoms with Crippen LogP contribution in [0.4, 0.5) is 0 Å². The molecule has 3 aromatic rings. The largest absolute Gasteiger partial charge is 0.355 e. The summed E-state index contributed by atoms with van der Waals surface area (Å²) in [4.78, 5) is 27.5. The number of benzene rings is 1. The highest BCUT2D eigenvalue weighted by molar-refractivity contribution is 7.99. The van der Waals surface area contributed by atoms with E-state index in [1.54, 1.807) is 13.3 Å². The summed E-state index contributed by atoms with van der Waals surface area (Å²) < 4.78 is 1.89. The molecule has 0 unspecified atom stereocenters. The van der Waals surface area contributed by atoms with Gasteiger partial charge in [-0.15, -0.1) is 10.2 Å². The highest BCUT2D eigenvalue weighted by Crippen LogP contribution is 2.25. The van der Waals surface area contributed by atoms with Gasteiger partial charge in [0.05, 0.1) is 17.1 Å². The van der Waals surface area contributed by atoms with Gasteiger partial charge in [-0.3, -0.25) is 14.2 Å². The molecule has 1 N–H and O–H groups in total. The van der Waals surface area contributed by atoms with Gasteiger partial charge in [-0.1, -0.05) is 29.5 Å². The fourth-order valence-corrected chi connectivity index (χ4v) is 4.12. The number of Topliss-reactive ketones (excluding diaryl/α,β-unsaturated/α-hetero) is 2. The Morgan fingerprint density at radius 2 is 1.93 bits per heavy atom. The zero-order valence-corrected chi connectivity index (χ0v) is 16.9. The Morgan fingerprint density at radius 3 is 2.56 bits per heavy atom. The van der Waals surface area contributed by atoms with Crippen LogP contribution in [0.2, 0.25) is 0 Å². The molecule has 6 nitrogen and oxygen atoms in total. The Morgan fingerprint density at radius 1 is 1.19 bits per heavy atom. The van der Waals surface area contributed by atoms with Crippen LogP contribution in [0.1, 0.15) is 50.2 Å². The van der Waals surface area contributed by atoms with Crippen LogP contribution in [0.5, 0.6) is 0 Å². The maximum Gasteiger partial charge on any atom is 0.196 e. The van der Waals surface area contributed by atoms with Crippen LogP contribution in [-0.2, 0) is 0 Å². The van der Waals surface area contributed by atoms with Gasteiger partial charge in [-0.05, 0) is 51.8 Å². The van der Waals surface area contributed by atoms with E-state index in [4.69, 9.17) is 0 Å². The number of H-pyrrole nitrogens is 1. The lowest BCUT2D eigenvalue weighted by Gasteiger charge is -2.10. The minimum Gasteiger partial charge on any atom is -0.355 e. The average molecular weight is 382 g/mol. The molecule has 0 radical (unpaired) electrons. The number of thioether (sulfide) groups is 1. The van der Waals surface area contributed by atoms with Crippen LogP contribution in [0.25, 0.3) is 5.69 Å². The number of rotatable bonds is 6. The van der Waals surface area contributed by atoms with Crippen molar-refractivity contribution in [2.75, 3.05) is 5.75 Å². The normalized spacial score (nSPS) is 11.0. The van der Waals surface area contributed by atoms with E-state index >= 15 is 0 Å². The minimum atomic E-state index is -0.0664. The Labute approximate surface area is 162 Å². The van der Waals surface area contributed by atoms with Crippen LogP contribution in [0, 0.1) is 27.7 Å². The SMILES string of the molecule is CC(=O)c1c(C)[nH]c(C(=O)CSc2nncn2-c2ccc(C)cc2C)c1C. The number of hydrogen-bond donors (Lipinski definition) is 1. The molecule has 2 aromatic heterocycles. The molecule has 0 atom stereocenters. The number of nitrogens with one attached hydrogen (secondary N) is 1. The third kappa shape index (κ3) is 3.73. The summed E-state index contributed by atoms with van der Waals surface area (Å²) in [5, 5.41) is 8.81. The summed E-state index contributed by atoms with van der Waals surface area (Å²) in [6, 6.07) is 6.16. The van der Waals surface area contributed by atoms with Gasteiger partial charge in [0.2, 0.25) is 0 Å². The number of carbonyl (C=O) groups is 2. The second-order valence-electron chi connectivity index (χ2n) is 6.67. The first kappa shape index (κ1) is 19.1. The molecule has 7 heteroatoms. The quantitative estimate of drug-likeness (QED) is 0.515. The van der Waals surface area contributed by atoms with Crippen molar-refractivity contribution >= 4 is 23.3 Å². The predicted molar refractivity (Wildman–Crippen MR) is 106 cm³/mol. The topological polar surface area (TPSA) is 80.6 Å². The minimum absolute atomic E-state index is 0.0393. The van der Waals surface area contributed by atoms with Gasteiger partial charge < -0.3 is 4.98 Å². The molecule has 0 bridgehead atoms. The molecular weight excluding hydrogens is 360 g/mol. The number of aromatic amines is 1. The van der Waals surface area contributed by atoms with Gasteiger partial charge >= 0.3 is 0 Å². The molecule has 0 aliphatic rings. The molecular formula is C20H22N4O2S. The lowest BCUT2D eigenvalue weighted by Crippen LogP contribution is -2.07. The van der Waals surface area contributed by atoms with Crippen molar-refractivity contribution in [3.05, 3.63) is 58.2 Å². The highest BCUT2D eigenvalue weighted by atomic mass is 32.2.